The molecule has 6 heteroatoms. The first-order valence-corrected chi connectivity index (χ1v) is 7.81. The number of Topliss-reactive ketones (excluding diaryl/α,β-unsaturated/α-hetero) is 1. The van der Waals surface area contributed by atoms with Gasteiger partial charge in [0, 0.05) is 12.5 Å². The molecule has 0 saturated heterocycles. The van der Waals surface area contributed by atoms with Crippen molar-refractivity contribution < 1.29 is 9.59 Å². The van der Waals surface area contributed by atoms with Gasteiger partial charge in [-0.2, -0.15) is 0 Å². The molecule has 102 valence electrons. The lowest BCUT2D eigenvalue weighted by Gasteiger charge is -1.95. The maximum absolute atomic E-state index is 11.5. The van der Waals surface area contributed by atoms with E-state index >= 15 is 0 Å². The highest BCUT2D eigenvalue weighted by molar-refractivity contribution is 9.09. The lowest BCUT2D eigenvalue weighted by molar-refractivity contribution is -0.114. The number of hydrogen-bond donors (Lipinski definition) is 1. The molecule has 1 N–H and O–H groups in total. The maximum Gasteiger partial charge on any atom is 0.223 e. The first kappa shape index (κ1) is 15.8. The van der Waals surface area contributed by atoms with Gasteiger partial charge in [-0.25, -0.2) is 4.98 Å². The maximum atomic E-state index is 11.5. The SMILES string of the molecule is CC.CC(=O)Nc1nc2ccc(C(=O)CBr)cc2s1. The second kappa shape index (κ2) is 7.35. The molecular formula is C13H15BrN2O2S. The summed E-state index contributed by atoms with van der Waals surface area (Å²) in [6.45, 7) is 5.44. The fraction of sp³-hybridized carbons (Fsp3) is 0.308. The van der Waals surface area contributed by atoms with Gasteiger partial charge in [0.2, 0.25) is 5.91 Å². The number of nitrogens with zero attached hydrogens (tertiary/aromatic N) is 1. The summed E-state index contributed by atoms with van der Waals surface area (Å²) in [6, 6.07) is 5.32. The number of hydrogen-bond acceptors (Lipinski definition) is 4. The number of thiazole rings is 1. The molecule has 0 aliphatic heterocycles. The third-order valence-corrected chi connectivity index (χ3v) is 3.56. The number of ketones is 1. The molecule has 19 heavy (non-hydrogen) atoms. The van der Waals surface area contributed by atoms with Gasteiger partial charge in [-0.1, -0.05) is 41.1 Å². The predicted molar refractivity (Wildman–Crippen MR) is 83.4 cm³/mol. The Morgan fingerprint density at radius 1 is 1.37 bits per heavy atom. The lowest BCUT2D eigenvalue weighted by atomic mass is 10.1. The minimum atomic E-state index is -0.152. The average molecular weight is 343 g/mol. The predicted octanol–water partition coefficient (Wildman–Crippen LogP) is 3.86. The van der Waals surface area contributed by atoms with Gasteiger partial charge >= 0.3 is 0 Å². The minimum Gasteiger partial charge on any atom is -0.302 e. The van der Waals surface area contributed by atoms with Crippen LogP contribution in [-0.2, 0) is 4.79 Å². The second-order valence-electron chi connectivity index (χ2n) is 3.44. The molecule has 0 fully saturated rings. The van der Waals surface area contributed by atoms with Crippen molar-refractivity contribution in [2.45, 2.75) is 20.8 Å². The van der Waals surface area contributed by atoms with Crippen LogP contribution in [0.1, 0.15) is 31.1 Å². The first-order chi connectivity index (χ1) is 9.10. The van der Waals surface area contributed by atoms with Gasteiger partial charge in [0.25, 0.3) is 0 Å². The number of aromatic nitrogens is 1. The monoisotopic (exact) mass is 342 g/mol. The Bertz CT molecular complexity index is 595. The summed E-state index contributed by atoms with van der Waals surface area (Å²) in [6.07, 6.45) is 0. The second-order valence-corrected chi connectivity index (χ2v) is 5.03. The summed E-state index contributed by atoms with van der Waals surface area (Å²) in [5.41, 5.74) is 1.43. The molecule has 1 amide bonds. The van der Waals surface area contributed by atoms with Crippen LogP contribution in [0.4, 0.5) is 5.13 Å². The van der Waals surface area contributed by atoms with E-state index < -0.39 is 0 Å². The van der Waals surface area contributed by atoms with Gasteiger partial charge in [-0.3, -0.25) is 9.59 Å². The van der Waals surface area contributed by atoms with Crippen LogP contribution in [-0.4, -0.2) is 22.0 Å². The Hall–Kier alpha value is -1.27. The zero-order valence-corrected chi connectivity index (χ0v) is 13.4. The number of carbonyl (C=O) groups is 2. The number of halogens is 1. The largest absolute Gasteiger partial charge is 0.302 e. The highest BCUT2D eigenvalue weighted by Gasteiger charge is 2.09. The first-order valence-electron chi connectivity index (χ1n) is 5.87. The summed E-state index contributed by atoms with van der Waals surface area (Å²) in [7, 11) is 0. The van der Waals surface area contributed by atoms with Gasteiger partial charge in [-0.05, 0) is 18.2 Å². The van der Waals surface area contributed by atoms with Crippen molar-refractivity contribution in [1.29, 1.82) is 0 Å². The van der Waals surface area contributed by atoms with Crippen molar-refractivity contribution in [3.05, 3.63) is 23.8 Å². The van der Waals surface area contributed by atoms with Gasteiger partial charge in [-0.15, -0.1) is 0 Å². The van der Waals surface area contributed by atoms with Crippen molar-refractivity contribution in [3.8, 4) is 0 Å². The topological polar surface area (TPSA) is 59.1 Å². The summed E-state index contributed by atoms with van der Waals surface area (Å²) in [5.74, 6) is -0.123. The van der Waals surface area contributed by atoms with E-state index in [1.54, 1.807) is 18.2 Å². The minimum absolute atomic E-state index is 0.0291. The normalized spacial score (nSPS) is 9.68. The number of alkyl halides is 1. The zero-order chi connectivity index (χ0) is 14.4. The quantitative estimate of drug-likeness (QED) is 0.680. The zero-order valence-electron chi connectivity index (χ0n) is 11.0. The molecule has 0 radical (unpaired) electrons. The molecule has 0 aliphatic rings. The molecular weight excluding hydrogens is 328 g/mol. The summed E-state index contributed by atoms with van der Waals surface area (Å²) in [5, 5.41) is 3.48. The Kier molecular flexibility index (Phi) is 6.11. The van der Waals surface area contributed by atoms with Crippen molar-refractivity contribution in [1.82, 2.24) is 4.98 Å². The molecule has 2 rings (SSSR count). The molecule has 2 aromatic rings. The number of nitrogens with one attached hydrogen (secondary N) is 1. The van der Waals surface area contributed by atoms with Crippen LogP contribution in [0.5, 0.6) is 0 Å². The molecule has 0 unspecified atom stereocenters. The van der Waals surface area contributed by atoms with E-state index in [0.29, 0.717) is 16.0 Å². The molecule has 0 aliphatic carbocycles. The van der Waals surface area contributed by atoms with Gasteiger partial charge in [0.05, 0.1) is 15.5 Å². The van der Waals surface area contributed by atoms with Gasteiger partial charge < -0.3 is 5.32 Å². The number of amides is 1. The van der Waals surface area contributed by atoms with E-state index in [1.807, 2.05) is 13.8 Å². The van der Waals surface area contributed by atoms with Crippen LogP contribution in [0.3, 0.4) is 0 Å². The van der Waals surface area contributed by atoms with Gasteiger partial charge in [0.1, 0.15) is 0 Å². The fourth-order valence-electron chi connectivity index (χ4n) is 1.38. The average Bonchev–Trinajstić information content (AvgIpc) is 2.80. The van der Waals surface area contributed by atoms with Crippen LogP contribution in [0.15, 0.2) is 18.2 Å². The highest BCUT2D eigenvalue weighted by atomic mass is 79.9. The van der Waals surface area contributed by atoms with Crippen molar-refractivity contribution >= 4 is 54.3 Å². The third kappa shape index (κ3) is 4.11. The number of anilines is 1. The molecule has 0 atom stereocenters. The smallest absolute Gasteiger partial charge is 0.223 e. The summed E-state index contributed by atoms with van der Waals surface area (Å²) in [4.78, 5) is 26.7. The van der Waals surface area contributed by atoms with Crippen LogP contribution >= 0.6 is 27.3 Å². The fourth-order valence-corrected chi connectivity index (χ4v) is 2.65. The highest BCUT2D eigenvalue weighted by Crippen LogP contribution is 2.27. The van der Waals surface area contributed by atoms with Crippen LogP contribution in [0.2, 0.25) is 0 Å². The molecule has 0 spiro atoms. The van der Waals surface area contributed by atoms with E-state index in [2.05, 4.69) is 26.2 Å². The summed E-state index contributed by atoms with van der Waals surface area (Å²) >= 11 is 4.49. The molecule has 0 saturated carbocycles. The Morgan fingerprint density at radius 3 is 2.63 bits per heavy atom. The van der Waals surface area contributed by atoms with Crippen LogP contribution in [0, 0.1) is 0 Å². The number of rotatable bonds is 3. The van der Waals surface area contributed by atoms with Crippen LogP contribution < -0.4 is 5.32 Å². The Morgan fingerprint density at radius 2 is 2.05 bits per heavy atom. The van der Waals surface area contributed by atoms with Crippen molar-refractivity contribution in [2.24, 2.45) is 0 Å². The van der Waals surface area contributed by atoms with E-state index in [9.17, 15) is 9.59 Å². The molecule has 1 aromatic heterocycles. The van der Waals surface area contributed by atoms with Crippen molar-refractivity contribution in [3.63, 3.8) is 0 Å². The van der Waals surface area contributed by atoms with Crippen LogP contribution in [0.25, 0.3) is 10.2 Å². The standard InChI is InChI=1S/C11H9BrN2O2S.C2H6/c1-6(15)13-11-14-8-3-2-7(9(16)5-12)4-10(8)17-11;1-2/h2-4H,5H2,1H3,(H,13,14,15);1-2H3. The van der Waals surface area contributed by atoms with E-state index in [-0.39, 0.29) is 11.7 Å². The van der Waals surface area contributed by atoms with E-state index in [4.69, 9.17) is 0 Å². The lowest BCUT2D eigenvalue weighted by Crippen LogP contribution is -2.04. The van der Waals surface area contributed by atoms with E-state index in [0.717, 1.165) is 10.2 Å². The molecule has 4 nitrogen and oxygen atoms in total. The number of benzene rings is 1. The third-order valence-electron chi connectivity index (χ3n) is 2.11. The Balaban J connectivity index is 0.000000861. The van der Waals surface area contributed by atoms with Crippen molar-refractivity contribution in [2.75, 3.05) is 10.6 Å². The summed E-state index contributed by atoms with van der Waals surface area (Å²) < 4.78 is 0.889. The number of fused-ring (bicyclic) bond motifs is 1. The molecule has 0 bridgehead atoms. The van der Waals surface area contributed by atoms with Gasteiger partial charge in [0.15, 0.2) is 10.9 Å². The van der Waals surface area contributed by atoms with E-state index in [1.165, 1.54) is 18.3 Å². The Labute approximate surface area is 124 Å². The molecule has 1 aromatic carbocycles. The number of carbonyl (C=O) groups excluding carboxylic acids is 2. The molecule has 1 heterocycles.